The van der Waals surface area contributed by atoms with Crippen LogP contribution in [0.5, 0.6) is 0 Å². The van der Waals surface area contributed by atoms with Crippen molar-refractivity contribution in [1.82, 2.24) is 10.6 Å². The lowest BCUT2D eigenvalue weighted by atomic mass is 9.85. The van der Waals surface area contributed by atoms with Crippen molar-refractivity contribution in [3.8, 4) is 0 Å². The molecule has 1 saturated heterocycles. The lowest BCUT2D eigenvalue weighted by Gasteiger charge is -2.39. The lowest BCUT2D eigenvalue weighted by Crippen LogP contribution is -2.57. The Hall–Kier alpha value is -0.0800. The molecule has 4 atom stereocenters. The van der Waals surface area contributed by atoms with Crippen LogP contribution in [-0.2, 0) is 0 Å². The number of piperidine rings is 1. The monoisotopic (exact) mass is 170 g/mol. The molecule has 1 aliphatic heterocycles. The normalized spacial score (nSPS) is 43.0. The molecule has 1 fully saturated rings. The Morgan fingerprint density at radius 1 is 1.33 bits per heavy atom. The molecule has 0 aliphatic carbocycles. The van der Waals surface area contributed by atoms with Gasteiger partial charge in [-0.25, -0.2) is 0 Å². The van der Waals surface area contributed by atoms with E-state index in [-0.39, 0.29) is 0 Å². The van der Waals surface area contributed by atoms with Gasteiger partial charge >= 0.3 is 0 Å². The maximum Gasteiger partial charge on any atom is 0.0244 e. The van der Waals surface area contributed by atoms with Crippen molar-refractivity contribution in [2.75, 3.05) is 6.54 Å². The first-order valence-corrected chi connectivity index (χ1v) is 5.14. The molecule has 0 spiro atoms. The summed E-state index contributed by atoms with van der Waals surface area (Å²) in [5.41, 5.74) is 0. The molecule has 0 aromatic carbocycles. The molecule has 0 aromatic heterocycles. The van der Waals surface area contributed by atoms with E-state index in [0.29, 0.717) is 18.1 Å². The van der Waals surface area contributed by atoms with Gasteiger partial charge in [-0.2, -0.15) is 0 Å². The Labute approximate surface area is 76.1 Å². The summed E-state index contributed by atoms with van der Waals surface area (Å²) in [7, 11) is 0. The zero-order valence-electron chi connectivity index (χ0n) is 8.72. The van der Waals surface area contributed by atoms with Crippen molar-refractivity contribution in [3.63, 3.8) is 0 Å². The standard InChI is InChI=1S/C10H22N2/c1-5-11-10-7(2)6-8(3)12-9(10)4/h7-12H,5-6H2,1-4H3. The first-order chi connectivity index (χ1) is 5.65. The second-order valence-electron chi connectivity index (χ2n) is 4.15. The van der Waals surface area contributed by atoms with E-state index in [1.807, 2.05) is 0 Å². The smallest absolute Gasteiger partial charge is 0.0244 e. The molecular formula is C10H22N2. The fraction of sp³-hybridized carbons (Fsp3) is 1.00. The van der Waals surface area contributed by atoms with Crippen molar-refractivity contribution in [2.45, 2.75) is 52.2 Å². The third-order valence-electron chi connectivity index (χ3n) is 2.86. The molecule has 0 bridgehead atoms. The predicted octanol–water partition coefficient (Wildman–Crippen LogP) is 1.37. The summed E-state index contributed by atoms with van der Waals surface area (Å²) in [6.45, 7) is 10.2. The molecule has 1 aliphatic rings. The molecule has 12 heavy (non-hydrogen) atoms. The van der Waals surface area contributed by atoms with Crippen molar-refractivity contribution in [1.29, 1.82) is 0 Å². The van der Waals surface area contributed by atoms with Crippen LogP contribution in [0.3, 0.4) is 0 Å². The number of likely N-dealkylation sites (N-methyl/N-ethyl adjacent to an activating group) is 1. The van der Waals surface area contributed by atoms with E-state index < -0.39 is 0 Å². The number of nitrogens with one attached hydrogen (secondary N) is 2. The van der Waals surface area contributed by atoms with Gasteiger partial charge in [0, 0.05) is 18.1 Å². The number of hydrogen-bond acceptors (Lipinski definition) is 2. The van der Waals surface area contributed by atoms with Gasteiger partial charge in [-0.1, -0.05) is 13.8 Å². The summed E-state index contributed by atoms with van der Waals surface area (Å²) in [5, 5.41) is 7.12. The van der Waals surface area contributed by atoms with Crippen LogP contribution in [0.1, 0.15) is 34.1 Å². The fourth-order valence-electron chi connectivity index (χ4n) is 2.43. The molecule has 0 aromatic rings. The predicted molar refractivity (Wildman–Crippen MR) is 53.3 cm³/mol. The summed E-state index contributed by atoms with van der Waals surface area (Å²) >= 11 is 0. The van der Waals surface area contributed by atoms with Gasteiger partial charge in [0.15, 0.2) is 0 Å². The Morgan fingerprint density at radius 3 is 2.50 bits per heavy atom. The molecule has 72 valence electrons. The van der Waals surface area contributed by atoms with Crippen LogP contribution in [0.4, 0.5) is 0 Å². The maximum absolute atomic E-state index is 3.58. The highest BCUT2D eigenvalue weighted by Crippen LogP contribution is 2.19. The van der Waals surface area contributed by atoms with Crippen LogP contribution in [0.25, 0.3) is 0 Å². The second-order valence-corrected chi connectivity index (χ2v) is 4.15. The Kier molecular flexibility index (Phi) is 3.53. The van der Waals surface area contributed by atoms with Crippen molar-refractivity contribution in [2.24, 2.45) is 5.92 Å². The number of rotatable bonds is 2. The van der Waals surface area contributed by atoms with E-state index in [4.69, 9.17) is 0 Å². The van der Waals surface area contributed by atoms with Crippen molar-refractivity contribution in [3.05, 3.63) is 0 Å². The van der Waals surface area contributed by atoms with Crippen molar-refractivity contribution < 1.29 is 0 Å². The molecule has 0 saturated carbocycles. The molecule has 4 unspecified atom stereocenters. The number of hydrogen-bond donors (Lipinski definition) is 2. The van der Waals surface area contributed by atoms with E-state index >= 15 is 0 Å². The van der Waals surface area contributed by atoms with Gasteiger partial charge in [-0.15, -0.1) is 0 Å². The SMILES string of the molecule is CCNC1C(C)CC(C)NC1C. The summed E-state index contributed by atoms with van der Waals surface area (Å²) in [6, 6.07) is 1.96. The molecule has 1 rings (SSSR count). The third kappa shape index (κ3) is 2.20. The quantitative estimate of drug-likeness (QED) is 0.654. The minimum Gasteiger partial charge on any atom is -0.312 e. The Balaban J connectivity index is 2.48. The average Bonchev–Trinajstić information content (AvgIpc) is 1.96. The highest BCUT2D eigenvalue weighted by Gasteiger charge is 2.29. The highest BCUT2D eigenvalue weighted by molar-refractivity contribution is 4.90. The Morgan fingerprint density at radius 2 is 2.00 bits per heavy atom. The van der Waals surface area contributed by atoms with Crippen LogP contribution in [0.2, 0.25) is 0 Å². The third-order valence-corrected chi connectivity index (χ3v) is 2.86. The summed E-state index contributed by atoms with van der Waals surface area (Å²) in [5.74, 6) is 0.802. The van der Waals surface area contributed by atoms with Crippen LogP contribution in [0.15, 0.2) is 0 Å². The largest absolute Gasteiger partial charge is 0.312 e. The van der Waals surface area contributed by atoms with Crippen molar-refractivity contribution >= 4 is 0 Å². The van der Waals surface area contributed by atoms with Gasteiger partial charge in [-0.3, -0.25) is 0 Å². The van der Waals surface area contributed by atoms with Gasteiger partial charge in [-0.05, 0) is 32.7 Å². The first kappa shape index (κ1) is 10.0. The molecule has 2 N–H and O–H groups in total. The van der Waals surface area contributed by atoms with Crippen LogP contribution in [-0.4, -0.2) is 24.7 Å². The molecule has 2 nitrogen and oxygen atoms in total. The van der Waals surface area contributed by atoms with Gasteiger partial charge in [0.05, 0.1) is 0 Å². The molecule has 0 radical (unpaired) electrons. The van der Waals surface area contributed by atoms with E-state index in [2.05, 4.69) is 38.3 Å². The summed E-state index contributed by atoms with van der Waals surface area (Å²) in [6.07, 6.45) is 1.29. The fourth-order valence-corrected chi connectivity index (χ4v) is 2.43. The van der Waals surface area contributed by atoms with Crippen LogP contribution in [0, 0.1) is 5.92 Å². The lowest BCUT2D eigenvalue weighted by molar-refractivity contribution is 0.207. The van der Waals surface area contributed by atoms with E-state index in [1.54, 1.807) is 0 Å². The summed E-state index contributed by atoms with van der Waals surface area (Å²) in [4.78, 5) is 0. The van der Waals surface area contributed by atoms with Crippen LogP contribution >= 0.6 is 0 Å². The highest BCUT2D eigenvalue weighted by atomic mass is 15.1. The Bertz CT molecular complexity index is 124. The van der Waals surface area contributed by atoms with E-state index in [0.717, 1.165) is 12.5 Å². The van der Waals surface area contributed by atoms with E-state index in [1.165, 1.54) is 6.42 Å². The van der Waals surface area contributed by atoms with Gasteiger partial charge in [0.2, 0.25) is 0 Å². The maximum atomic E-state index is 3.58. The topological polar surface area (TPSA) is 24.1 Å². The van der Waals surface area contributed by atoms with Crippen LogP contribution < -0.4 is 10.6 Å². The van der Waals surface area contributed by atoms with Gasteiger partial charge in [0.1, 0.15) is 0 Å². The van der Waals surface area contributed by atoms with E-state index in [9.17, 15) is 0 Å². The zero-order valence-corrected chi connectivity index (χ0v) is 8.72. The minimum absolute atomic E-state index is 0.615. The van der Waals surface area contributed by atoms with Gasteiger partial charge < -0.3 is 10.6 Å². The molecule has 1 heterocycles. The molecular weight excluding hydrogens is 148 g/mol. The molecule has 0 amide bonds. The zero-order chi connectivity index (χ0) is 9.14. The average molecular weight is 170 g/mol. The molecule has 2 heteroatoms. The summed E-state index contributed by atoms with van der Waals surface area (Å²) < 4.78 is 0. The van der Waals surface area contributed by atoms with Gasteiger partial charge in [0.25, 0.3) is 0 Å². The minimum atomic E-state index is 0.615. The first-order valence-electron chi connectivity index (χ1n) is 5.14. The second kappa shape index (κ2) is 4.24.